The number of anilines is 1. The van der Waals surface area contributed by atoms with E-state index in [9.17, 15) is 9.59 Å². The predicted molar refractivity (Wildman–Crippen MR) is 85.9 cm³/mol. The molecule has 2 rings (SSSR count). The zero-order valence-electron chi connectivity index (χ0n) is 12.6. The lowest BCUT2D eigenvalue weighted by Gasteiger charge is -2.27. The van der Waals surface area contributed by atoms with Gasteiger partial charge in [-0.2, -0.15) is 0 Å². The van der Waals surface area contributed by atoms with Crippen LogP contribution in [0.1, 0.15) is 16.8 Å². The maximum atomic E-state index is 12.1. The summed E-state index contributed by atoms with van der Waals surface area (Å²) in [6, 6.07) is 6.06. The van der Waals surface area contributed by atoms with Crippen LogP contribution in [0.3, 0.4) is 0 Å². The summed E-state index contributed by atoms with van der Waals surface area (Å²) in [6.45, 7) is 5.82. The first-order chi connectivity index (χ1) is 10.6. The Morgan fingerprint density at radius 2 is 2.05 bits per heavy atom. The van der Waals surface area contributed by atoms with Gasteiger partial charge in [-0.3, -0.25) is 4.79 Å². The summed E-state index contributed by atoms with van der Waals surface area (Å²) in [4.78, 5) is 25.3. The number of primary amides is 1. The lowest BCUT2D eigenvalue weighted by molar-refractivity contribution is 0.0951. The number of nitrogens with one attached hydrogen (secondary N) is 3. The highest BCUT2D eigenvalue weighted by molar-refractivity contribution is 5.96. The minimum Gasteiger partial charge on any atom is -0.352 e. The number of amides is 3. The third kappa shape index (κ3) is 5.34. The van der Waals surface area contributed by atoms with Crippen LogP contribution in [0.4, 0.5) is 10.5 Å². The van der Waals surface area contributed by atoms with Gasteiger partial charge in [0, 0.05) is 44.0 Å². The van der Waals surface area contributed by atoms with Crippen LogP contribution >= 0.6 is 0 Å². The molecular formula is C15H23N5O2. The molecule has 7 heteroatoms. The van der Waals surface area contributed by atoms with Crippen LogP contribution in [0, 0.1) is 0 Å². The van der Waals surface area contributed by atoms with Gasteiger partial charge in [-0.15, -0.1) is 0 Å². The molecule has 0 aliphatic carbocycles. The summed E-state index contributed by atoms with van der Waals surface area (Å²) < 4.78 is 0. The normalized spacial score (nSPS) is 15.3. The second-order valence-corrected chi connectivity index (χ2v) is 5.27. The number of hydrogen-bond acceptors (Lipinski definition) is 4. The number of carbonyl (C=O) groups excluding carboxylic acids is 2. The number of rotatable bonds is 6. The average Bonchev–Trinajstić information content (AvgIpc) is 2.52. The quantitative estimate of drug-likeness (QED) is 0.564. The molecule has 1 aromatic carbocycles. The molecule has 3 amide bonds. The van der Waals surface area contributed by atoms with Gasteiger partial charge in [0.2, 0.25) is 0 Å². The highest BCUT2D eigenvalue weighted by Gasteiger charge is 2.09. The Kier molecular flexibility index (Phi) is 6.17. The van der Waals surface area contributed by atoms with Crippen molar-refractivity contribution in [2.24, 2.45) is 5.73 Å². The fourth-order valence-corrected chi connectivity index (χ4v) is 2.42. The summed E-state index contributed by atoms with van der Waals surface area (Å²) >= 11 is 0. The summed E-state index contributed by atoms with van der Waals surface area (Å²) in [6.07, 6.45) is 0.922. The Bertz CT molecular complexity index is 514. The SMILES string of the molecule is NC(=O)Nc1cccc(C(=O)NCCCN2CCNCC2)c1. The van der Waals surface area contributed by atoms with Crippen LogP contribution in [-0.4, -0.2) is 56.1 Å². The largest absolute Gasteiger partial charge is 0.352 e. The third-order valence-corrected chi connectivity index (χ3v) is 3.54. The van der Waals surface area contributed by atoms with Crippen LogP contribution in [0.25, 0.3) is 0 Å². The molecule has 0 spiro atoms. The van der Waals surface area contributed by atoms with Crippen LogP contribution in [-0.2, 0) is 0 Å². The van der Waals surface area contributed by atoms with E-state index in [1.807, 2.05) is 0 Å². The van der Waals surface area contributed by atoms with E-state index in [0.29, 0.717) is 17.8 Å². The summed E-state index contributed by atoms with van der Waals surface area (Å²) in [5.74, 6) is -0.145. The highest BCUT2D eigenvalue weighted by Crippen LogP contribution is 2.10. The molecule has 1 aliphatic heterocycles. The maximum absolute atomic E-state index is 12.1. The van der Waals surface area contributed by atoms with E-state index in [4.69, 9.17) is 5.73 Å². The minimum absolute atomic E-state index is 0.145. The van der Waals surface area contributed by atoms with E-state index < -0.39 is 6.03 Å². The monoisotopic (exact) mass is 305 g/mol. The van der Waals surface area contributed by atoms with Gasteiger partial charge in [0.05, 0.1) is 0 Å². The molecule has 0 aromatic heterocycles. The molecule has 0 saturated carbocycles. The van der Waals surface area contributed by atoms with Crippen molar-refractivity contribution in [3.8, 4) is 0 Å². The lowest BCUT2D eigenvalue weighted by Crippen LogP contribution is -2.44. The third-order valence-electron chi connectivity index (χ3n) is 3.54. The van der Waals surface area contributed by atoms with E-state index in [1.54, 1.807) is 24.3 Å². The second-order valence-electron chi connectivity index (χ2n) is 5.27. The summed E-state index contributed by atoms with van der Waals surface area (Å²) in [7, 11) is 0. The fraction of sp³-hybridized carbons (Fsp3) is 0.467. The van der Waals surface area contributed by atoms with Gasteiger partial charge in [0.1, 0.15) is 0 Å². The van der Waals surface area contributed by atoms with Crippen LogP contribution in [0.5, 0.6) is 0 Å². The number of benzene rings is 1. The van der Waals surface area contributed by atoms with Crippen molar-refractivity contribution in [2.75, 3.05) is 44.6 Å². The second kappa shape index (κ2) is 8.35. The molecule has 0 radical (unpaired) electrons. The predicted octanol–water partition coefficient (Wildman–Crippen LogP) is 0.202. The fourth-order valence-electron chi connectivity index (χ4n) is 2.42. The van der Waals surface area contributed by atoms with Gasteiger partial charge in [-0.05, 0) is 31.2 Å². The minimum atomic E-state index is -0.645. The first kappa shape index (κ1) is 16.3. The van der Waals surface area contributed by atoms with Gasteiger partial charge in [0.15, 0.2) is 0 Å². The zero-order chi connectivity index (χ0) is 15.8. The number of hydrogen-bond donors (Lipinski definition) is 4. The molecule has 1 saturated heterocycles. The van der Waals surface area contributed by atoms with E-state index in [0.717, 1.165) is 39.1 Å². The van der Waals surface area contributed by atoms with Crippen LogP contribution < -0.4 is 21.7 Å². The number of urea groups is 1. The molecule has 7 nitrogen and oxygen atoms in total. The molecular weight excluding hydrogens is 282 g/mol. The van der Waals surface area contributed by atoms with Gasteiger partial charge >= 0.3 is 6.03 Å². The maximum Gasteiger partial charge on any atom is 0.316 e. The molecule has 0 atom stereocenters. The summed E-state index contributed by atoms with van der Waals surface area (Å²) in [5, 5.41) is 8.66. The molecule has 0 unspecified atom stereocenters. The van der Waals surface area contributed by atoms with E-state index in [-0.39, 0.29) is 5.91 Å². The van der Waals surface area contributed by atoms with E-state index in [2.05, 4.69) is 20.9 Å². The molecule has 1 fully saturated rings. The molecule has 120 valence electrons. The van der Waals surface area contributed by atoms with Gasteiger partial charge in [-0.25, -0.2) is 4.79 Å². The van der Waals surface area contributed by atoms with Crippen molar-refractivity contribution < 1.29 is 9.59 Å². The van der Waals surface area contributed by atoms with Crippen molar-refractivity contribution in [2.45, 2.75) is 6.42 Å². The Hall–Kier alpha value is -2.12. The molecule has 1 aliphatic rings. The standard InChI is InChI=1S/C15H23N5O2/c16-15(22)19-13-4-1-3-12(11-13)14(21)18-5-2-8-20-9-6-17-7-10-20/h1,3-4,11,17H,2,5-10H2,(H,18,21)(H3,16,19,22). The van der Waals surface area contributed by atoms with Crippen LogP contribution in [0.2, 0.25) is 0 Å². The number of carbonyl (C=O) groups is 2. The first-order valence-electron chi connectivity index (χ1n) is 7.53. The van der Waals surface area contributed by atoms with Gasteiger partial charge in [0.25, 0.3) is 5.91 Å². The topological polar surface area (TPSA) is 99.5 Å². The highest BCUT2D eigenvalue weighted by atomic mass is 16.2. The molecule has 22 heavy (non-hydrogen) atoms. The number of piperazine rings is 1. The Labute approximate surface area is 130 Å². The number of nitrogens with zero attached hydrogens (tertiary/aromatic N) is 1. The van der Waals surface area contributed by atoms with Crippen molar-refractivity contribution in [3.63, 3.8) is 0 Å². The summed E-state index contributed by atoms with van der Waals surface area (Å²) in [5.41, 5.74) is 6.08. The Balaban J connectivity index is 1.73. The molecule has 1 aromatic rings. The molecule has 0 bridgehead atoms. The zero-order valence-corrected chi connectivity index (χ0v) is 12.6. The Morgan fingerprint density at radius 3 is 2.77 bits per heavy atom. The average molecular weight is 305 g/mol. The van der Waals surface area contributed by atoms with Gasteiger partial charge in [-0.1, -0.05) is 6.07 Å². The first-order valence-corrected chi connectivity index (χ1v) is 7.53. The van der Waals surface area contributed by atoms with E-state index in [1.165, 1.54) is 0 Å². The van der Waals surface area contributed by atoms with Crippen molar-refractivity contribution in [1.82, 2.24) is 15.5 Å². The van der Waals surface area contributed by atoms with E-state index >= 15 is 0 Å². The smallest absolute Gasteiger partial charge is 0.316 e. The van der Waals surface area contributed by atoms with Crippen molar-refractivity contribution >= 4 is 17.6 Å². The molecule has 5 N–H and O–H groups in total. The van der Waals surface area contributed by atoms with Gasteiger partial charge < -0.3 is 26.6 Å². The molecule has 1 heterocycles. The number of nitrogens with two attached hydrogens (primary N) is 1. The Morgan fingerprint density at radius 1 is 1.27 bits per heavy atom. The van der Waals surface area contributed by atoms with Crippen molar-refractivity contribution in [1.29, 1.82) is 0 Å². The lowest BCUT2D eigenvalue weighted by atomic mass is 10.2. The van der Waals surface area contributed by atoms with Crippen molar-refractivity contribution in [3.05, 3.63) is 29.8 Å². The van der Waals surface area contributed by atoms with Crippen LogP contribution in [0.15, 0.2) is 24.3 Å².